The summed E-state index contributed by atoms with van der Waals surface area (Å²) in [5.41, 5.74) is 2.26. The summed E-state index contributed by atoms with van der Waals surface area (Å²) in [7, 11) is -3.77. The van der Waals surface area contributed by atoms with E-state index < -0.39 is 9.84 Å². The molecular formula is C21H20BrN3O3S. The number of anilines is 1. The van der Waals surface area contributed by atoms with Crippen LogP contribution in [0, 0.1) is 6.92 Å². The third kappa shape index (κ3) is 5.21. The number of pyridine rings is 1. The van der Waals surface area contributed by atoms with Crippen molar-refractivity contribution in [2.45, 2.75) is 23.3 Å². The number of hydrogen-bond acceptors (Lipinski definition) is 5. The molecule has 0 radical (unpaired) electrons. The van der Waals surface area contributed by atoms with Gasteiger partial charge in [-0.3, -0.25) is 9.78 Å². The molecule has 1 amide bonds. The molecule has 1 heterocycles. The van der Waals surface area contributed by atoms with Gasteiger partial charge in [0.2, 0.25) is 15.7 Å². The molecule has 150 valence electrons. The lowest BCUT2D eigenvalue weighted by molar-refractivity contribution is -0.119. The van der Waals surface area contributed by atoms with Gasteiger partial charge in [-0.05, 0) is 64.8 Å². The summed E-state index contributed by atoms with van der Waals surface area (Å²) in [5.74, 6) is -0.250. The highest BCUT2D eigenvalue weighted by molar-refractivity contribution is 9.10. The SMILES string of the molecule is Cc1ccc(S(=O)(=O)c2c(Br)cccc2NCC(=O)NCc2ccncc2)cc1. The van der Waals surface area contributed by atoms with Gasteiger partial charge in [0.05, 0.1) is 17.1 Å². The maximum Gasteiger partial charge on any atom is 0.239 e. The minimum atomic E-state index is -3.77. The first kappa shape index (κ1) is 21.0. The predicted molar refractivity (Wildman–Crippen MR) is 115 cm³/mol. The van der Waals surface area contributed by atoms with Crippen LogP contribution >= 0.6 is 15.9 Å². The number of hydrogen-bond donors (Lipinski definition) is 2. The van der Waals surface area contributed by atoms with Crippen LogP contribution in [0.5, 0.6) is 0 Å². The Morgan fingerprint density at radius 2 is 1.72 bits per heavy atom. The number of aryl methyl sites for hydroxylation is 1. The first-order valence-electron chi connectivity index (χ1n) is 8.87. The lowest BCUT2D eigenvalue weighted by atomic mass is 10.2. The third-order valence-corrected chi connectivity index (χ3v) is 7.04. The lowest BCUT2D eigenvalue weighted by Crippen LogP contribution is -2.29. The largest absolute Gasteiger partial charge is 0.375 e. The molecule has 0 aliphatic rings. The van der Waals surface area contributed by atoms with Gasteiger partial charge in [-0.15, -0.1) is 0 Å². The molecular weight excluding hydrogens is 454 g/mol. The van der Waals surface area contributed by atoms with Crippen LogP contribution < -0.4 is 10.6 Å². The van der Waals surface area contributed by atoms with Crippen molar-refractivity contribution in [2.75, 3.05) is 11.9 Å². The monoisotopic (exact) mass is 473 g/mol. The van der Waals surface area contributed by atoms with Crippen molar-refractivity contribution in [3.8, 4) is 0 Å². The number of carbonyl (C=O) groups is 1. The Morgan fingerprint density at radius 3 is 2.41 bits per heavy atom. The molecule has 0 saturated heterocycles. The summed E-state index contributed by atoms with van der Waals surface area (Å²) < 4.78 is 26.8. The smallest absolute Gasteiger partial charge is 0.239 e. The van der Waals surface area contributed by atoms with Gasteiger partial charge in [-0.25, -0.2) is 8.42 Å². The maximum absolute atomic E-state index is 13.2. The van der Waals surface area contributed by atoms with Crippen LogP contribution in [0.3, 0.4) is 0 Å². The molecule has 8 heteroatoms. The van der Waals surface area contributed by atoms with Crippen molar-refractivity contribution >= 4 is 37.4 Å². The molecule has 0 aliphatic carbocycles. The first-order chi connectivity index (χ1) is 13.9. The average Bonchev–Trinajstić information content (AvgIpc) is 2.71. The van der Waals surface area contributed by atoms with E-state index >= 15 is 0 Å². The zero-order valence-corrected chi connectivity index (χ0v) is 18.1. The summed E-state index contributed by atoms with van der Waals surface area (Å²) in [4.78, 5) is 16.4. The second-order valence-electron chi connectivity index (χ2n) is 6.42. The summed E-state index contributed by atoms with van der Waals surface area (Å²) in [6, 6.07) is 15.3. The minimum Gasteiger partial charge on any atom is -0.375 e. The molecule has 0 aliphatic heterocycles. The fourth-order valence-electron chi connectivity index (χ4n) is 2.70. The number of nitrogens with one attached hydrogen (secondary N) is 2. The van der Waals surface area contributed by atoms with Crippen molar-refractivity contribution in [2.24, 2.45) is 0 Å². The molecule has 2 N–H and O–H groups in total. The van der Waals surface area contributed by atoms with Crippen molar-refractivity contribution < 1.29 is 13.2 Å². The van der Waals surface area contributed by atoms with Gasteiger partial charge in [-0.1, -0.05) is 23.8 Å². The molecule has 0 bridgehead atoms. The van der Waals surface area contributed by atoms with E-state index in [9.17, 15) is 13.2 Å². The lowest BCUT2D eigenvalue weighted by Gasteiger charge is -2.14. The number of benzene rings is 2. The van der Waals surface area contributed by atoms with Gasteiger partial charge < -0.3 is 10.6 Å². The van der Waals surface area contributed by atoms with Crippen LogP contribution in [0.4, 0.5) is 5.69 Å². The Labute approximate surface area is 178 Å². The van der Waals surface area contributed by atoms with Crippen LogP contribution in [0.1, 0.15) is 11.1 Å². The van der Waals surface area contributed by atoms with E-state index in [1.165, 1.54) is 0 Å². The Hall–Kier alpha value is -2.71. The van der Waals surface area contributed by atoms with Gasteiger partial charge >= 0.3 is 0 Å². The first-order valence-corrected chi connectivity index (χ1v) is 11.2. The van der Waals surface area contributed by atoms with Crippen molar-refractivity contribution in [1.29, 1.82) is 0 Å². The number of halogens is 1. The van der Waals surface area contributed by atoms with E-state index in [4.69, 9.17) is 0 Å². The van der Waals surface area contributed by atoms with Crippen LogP contribution in [0.15, 0.2) is 81.3 Å². The van der Waals surface area contributed by atoms with E-state index in [1.807, 2.05) is 19.1 Å². The summed E-state index contributed by atoms with van der Waals surface area (Å²) in [6.07, 6.45) is 3.31. The number of amides is 1. The van der Waals surface area contributed by atoms with E-state index in [-0.39, 0.29) is 22.2 Å². The Morgan fingerprint density at radius 1 is 1.03 bits per heavy atom. The van der Waals surface area contributed by atoms with E-state index in [1.54, 1.807) is 54.9 Å². The van der Waals surface area contributed by atoms with E-state index in [2.05, 4.69) is 31.5 Å². The fourth-order valence-corrected chi connectivity index (χ4v) is 5.19. The second-order valence-corrected chi connectivity index (χ2v) is 9.16. The molecule has 2 aromatic carbocycles. The highest BCUT2D eigenvalue weighted by Crippen LogP contribution is 2.34. The molecule has 0 atom stereocenters. The average molecular weight is 474 g/mol. The Balaban J connectivity index is 1.76. The van der Waals surface area contributed by atoms with Crippen molar-refractivity contribution in [3.63, 3.8) is 0 Å². The standard InChI is InChI=1S/C21H20BrN3O3S/c1-15-5-7-17(8-6-15)29(27,28)21-18(22)3-2-4-19(21)24-14-20(26)25-13-16-9-11-23-12-10-16/h2-12,24H,13-14H2,1H3,(H,25,26). The zero-order valence-electron chi connectivity index (χ0n) is 15.7. The van der Waals surface area contributed by atoms with Crippen LogP contribution in [0.2, 0.25) is 0 Å². The van der Waals surface area contributed by atoms with Crippen LogP contribution in [-0.4, -0.2) is 25.9 Å². The topological polar surface area (TPSA) is 88.2 Å². The predicted octanol–water partition coefficient (Wildman–Crippen LogP) is 3.71. The number of sulfone groups is 1. The van der Waals surface area contributed by atoms with Gasteiger partial charge in [0.1, 0.15) is 4.90 Å². The molecule has 29 heavy (non-hydrogen) atoms. The summed E-state index contributed by atoms with van der Waals surface area (Å²) in [5, 5.41) is 5.73. The molecule has 3 rings (SSSR count). The molecule has 6 nitrogen and oxygen atoms in total. The molecule has 0 fully saturated rings. The highest BCUT2D eigenvalue weighted by Gasteiger charge is 2.24. The van der Waals surface area contributed by atoms with Crippen LogP contribution in [-0.2, 0) is 21.2 Å². The Kier molecular flexibility index (Phi) is 6.66. The normalized spacial score (nSPS) is 11.1. The van der Waals surface area contributed by atoms with Crippen molar-refractivity contribution in [3.05, 3.63) is 82.6 Å². The fraction of sp³-hybridized carbons (Fsp3) is 0.143. The van der Waals surface area contributed by atoms with Gasteiger partial charge in [-0.2, -0.15) is 0 Å². The minimum absolute atomic E-state index is 0.0576. The number of aromatic nitrogens is 1. The molecule has 1 aromatic heterocycles. The summed E-state index contributed by atoms with van der Waals surface area (Å²) in [6.45, 7) is 2.21. The van der Waals surface area contributed by atoms with Crippen molar-refractivity contribution in [1.82, 2.24) is 10.3 Å². The number of carbonyl (C=O) groups excluding carboxylic acids is 1. The second kappa shape index (κ2) is 9.19. The molecule has 3 aromatic rings. The Bertz CT molecular complexity index is 1100. The zero-order chi connectivity index (χ0) is 20.9. The van der Waals surface area contributed by atoms with E-state index in [0.717, 1.165) is 11.1 Å². The number of rotatable bonds is 7. The van der Waals surface area contributed by atoms with Gasteiger partial charge in [0.25, 0.3) is 0 Å². The number of nitrogens with zero attached hydrogens (tertiary/aromatic N) is 1. The maximum atomic E-state index is 13.2. The quantitative estimate of drug-likeness (QED) is 0.545. The molecule has 0 spiro atoms. The van der Waals surface area contributed by atoms with E-state index in [0.29, 0.717) is 16.7 Å². The highest BCUT2D eigenvalue weighted by atomic mass is 79.9. The van der Waals surface area contributed by atoms with Gasteiger partial charge in [0, 0.05) is 23.4 Å². The summed E-state index contributed by atoms with van der Waals surface area (Å²) >= 11 is 3.34. The van der Waals surface area contributed by atoms with Gasteiger partial charge in [0.15, 0.2) is 0 Å². The van der Waals surface area contributed by atoms with Crippen LogP contribution in [0.25, 0.3) is 0 Å². The molecule has 0 unspecified atom stereocenters. The third-order valence-electron chi connectivity index (χ3n) is 4.25. The molecule has 0 saturated carbocycles.